The maximum absolute atomic E-state index is 12.6. The monoisotopic (exact) mass is 303 g/mol. The molecule has 3 aromatic rings. The normalized spacial score (nSPS) is 11.2. The molecule has 3 rings (SSSR count). The number of fused-ring (bicyclic) bond motifs is 1. The van der Waals surface area contributed by atoms with Gasteiger partial charge in [0.15, 0.2) is 5.52 Å². The Bertz CT molecular complexity index is 831. The molecule has 1 N–H and O–H groups in total. The van der Waals surface area contributed by atoms with Crippen LogP contribution in [-0.4, -0.2) is 19.3 Å². The molecule has 7 heteroatoms. The summed E-state index contributed by atoms with van der Waals surface area (Å²) >= 11 is 1.68. The minimum absolute atomic E-state index is 0.0562. The molecule has 0 atom stereocenters. The Hall–Kier alpha value is -2.15. The van der Waals surface area contributed by atoms with E-state index in [1.165, 1.54) is 4.88 Å². The predicted octanol–water partition coefficient (Wildman–Crippen LogP) is 2.13. The van der Waals surface area contributed by atoms with Crippen molar-refractivity contribution in [2.75, 3.05) is 5.32 Å². The smallest absolute Gasteiger partial charge is 0.281 e. The number of rotatable bonds is 4. The highest BCUT2D eigenvalue weighted by Gasteiger charge is 2.15. The maximum Gasteiger partial charge on any atom is 0.281 e. The maximum atomic E-state index is 12.6. The molecule has 0 bridgehead atoms. The average molecular weight is 303 g/mol. The van der Waals surface area contributed by atoms with Crippen molar-refractivity contribution in [2.24, 2.45) is 7.05 Å². The van der Waals surface area contributed by atoms with E-state index in [1.54, 1.807) is 27.6 Å². The second-order valence-electron chi connectivity index (χ2n) is 4.82. The van der Waals surface area contributed by atoms with Crippen LogP contribution in [0.25, 0.3) is 11.0 Å². The zero-order chi connectivity index (χ0) is 15.0. The van der Waals surface area contributed by atoms with Gasteiger partial charge >= 0.3 is 0 Å². The summed E-state index contributed by atoms with van der Waals surface area (Å²) in [5, 5.41) is 9.59. The quantitative estimate of drug-likeness (QED) is 0.802. The first-order valence-corrected chi connectivity index (χ1v) is 7.70. The number of nitrogens with one attached hydrogen (secondary N) is 1. The summed E-state index contributed by atoms with van der Waals surface area (Å²) in [5.74, 6) is 0.597. The SMILES string of the molecule is CCn1c(NCc2cccs2)nc2c(C)nn(C)c2c1=O. The molecule has 3 heterocycles. The molecule has 0 saturated carbocycles. The highest BCUT2D eigenvalue weighted by molar-refractivity contribution is 7.09. The largest absolute Gasteiger partial charge is 0.351 e. The highest BCUT2D eigenvalue weighted by atomic mass is 32.1. The van der Waals surface area contributed by atoms with Crippen LogP contribution in [0.1, 0.15) is 17.5 Å². The Morgan fingerprint density at radius 2 is 2.24 bits per heavy atom. The van der Waals surface area contributed by atoms with Crippen LogP contribution >= 0.6 is 11.3 Å². The Balaban J connectivity index is 2.08. The number of thiophene rings is 1. The third kappa shape index (κ3) is 2.33. The third-order valence-corrected chi connectivity index (χ3v) is 4.31. The summed E-state index contributed by atoms with van der Waals surface area (Å²) < 4.78 is 3.26. The van der Waals surface area contributed by atoms with E-state index in [2.05, 4.69) is 21.5 Å². The van der Waals surface area contributed by atoms with Crippen molar-refractivity contribution in [1.82, 2.24) is 19.3 Å². The topological polar surface area (TPSA) is 64.7 Å². The molecule has 0 aliphatic carbocycles. The molecule has 0 amide bonds. The van der Waals surface area contributed by atoms with Crippen LogP contribution in [0.15, 0.2) is 22.3 Å². The molecule has 0 fully saturated rings. The number of aromatic nitrogens is 4. The minimum atomic E-state index is -0.0562. The molecule has 0 aromatic carbocycles. The van der Waals surface area contributed by atoms with Gasteiger partial charge in [-0.1, -0.05) is 6.07 Å². The van der Waals surface area contributed by atoms with Crippen LogP contribution in [0.2, 0.25) is 0 Å². The van der Waals surface area contributed by atoms with Gasteiger partial charge < -0.3 is 5.32 Å². The van der Waals surface area contributed by atoms with E-state index < -0.39 is 0 Å². The van der Waals surface area contributed by atoms with Crippen molar-refractivity contribution in [3.05, 3.63) is 38.4 Å². The second-order valence-corrected chi connectivity index (χ2v) is 5.86. The van der Waals surface area contributed by atoms with Gasteiger partial charge in [0.1, 0.15) is 5.52 Å². The Labute approximate surface area is 126 Å². The predicted molar refractivity (Wildman–Crippen MR) is 84.8 cm³/mol. The molecule has 0 aliphatic heterocycles. The lowest BCUT2D eigenvalue weighted by Gasteiger charge is -2.11. The molecule has 6 nitrogen and oxygen atoms in total. The fourth-order valence-corrected chi connectivity index (χ4v) is 3.06. The van der Waals surface area contributed by atoms with E-state index in [-0.39, 0.29) is 5.56 Å². The van der Waals surface area contributed by atoms with Crippen LogP contribution in [0.4, 0.5) is 5.95 Å². The lowest BCUT2D eigenvalue weighted by Crippen LogP contribution is -2.25. The lowest BCUT2D eigenvalue weighted by molar-refractivity contribution is 0.709. The first kappa shape index (κ1) is 13.8. The third-order valence-electron chi connectivity index (χ3n) is 3.43. The van der Waals surface area contributed by atoms with Crippen LogP contribution in [0.5, 0.6) is 0 Å². The van der Waals surface area contributed by atoms with E-state index >= 15 is 0 Å². The van der Waals surface area contributed by atoms with Crippen molar-refractivity contribution in [1.29, 1.82) is 0 Å². The van der Waals surface area contributed by atoms with Gasteiger partial charge in [-0.05, 0) is 25.3 Å². The zero-order valence-electron chi connectivity index (χ0n) is 12.3. The first-order valence-electron chi connectivity index (χ1n) is 6.82. The zero-order valence-corrected chi connectivity index (χ0v) is 13.1. The van der Waals surface area contributed by atoms with Gasteiger partial charge in [0, 0.05) is 18.5 Å². The lowest BCUT2D eigenvalue weighted by atomic mass is 10.3. The van der Waals surface area contributed by atoms with Crippen LogP contribution in [-0.2, 0) is 20.1 Å². The van der Waals surface area contributed by atoms with Gasteiger partial charge in [0.05, 0.1) is 12.2 Å². The molecule has 0 aliphatic rings. The van der Waals surface area contributed by atoms with E-state index in [0.29, 0.717) is 30.1 Å². The molecular weight excluding hydrogens is 286 g/mol. The fourth-order valence-electron chi connectivity index (χ4n) is 2.42. The number of hydrogen-bond donors (Lipinski definition) is 1. The fraction of sp³-hybridized carbons (Fsp3) is 0.357. The average Bonchev–Trinajstić information content (AvgIpc) is 3.05. The van der Waals surface area contributed by atoms with Crippen molar-refractivity contribution >= 4 is 28.3 Å². The summed E-state index contributed by atoms with van der Waals surface area (Å²) in [7, 11) is 1.77. The van der Waals surface area contributed by atoms with Gasteiger partial charge in [-0.15, -0.1) is 11.3 Å². The summed E-state index contributed by atoms with van der Waals surface area (Å²) in [4.78, 5) is 18.4. The summed E-state index contributed by atoms with van der Waals surface area (Å²) in [5.41, 5.74) is 1.93. The number of anilines is 1. The van der Waals surface area contributed by atoms with Crippen molar-refractivity contribution in [3.8, 4) is 0 Å². The van der Waals surface area contributed by atoms with E-state index in [4.69, 9.17) is 0 Å². The van der Waals surface area contributed by atoms with Crippen LogP contribution in [0, 0.1) is 6.92 Å². The Morgan fingerprint density at radius 3 is 2.90 bits per heavy atom. The van der Waals surface area contributed by atoms with Gasteiger partial charge in [-0.2, -0.15) is 5.10 Å². The van der Waals surface area contributed by atoms with E-state index in [1.807, 2.05) is 25.3 Å². The van der Waals surface area contributed by atoms with Crippen LogP contribution in [0.3, 0.4) is 0 Å². The van der Waals surface area contributed by atoms with Gasteiger partial charge in [-0.3, -0.25) is 14.0 Å². The molecule has 110 valence electrons. The number of nitrogens with zero attached hydrogens (tertiary/aromatic N) is 4. The van der Waals surface area contributed by atoms with Crippen molar-refractivity contribution < 1.29 is 0 Å². The Kier molecular flexibility index (Phi) is 3.50. The number of hydrogen-bond acceptors (Lipinski definition) is 5. The molecular formula is C14H17N5OS. The molecule has 0 saturated heterocycles. The minimum Gasteiger partial charge on any atom is -0.351 e. The molecule has 0 unspecified atom stereocenters. The molecule has 0 spiro atoms. The Morgan fingerprint density at radius 1 is 1.43 bits per heavy atom. The van der Waals surface area contributed by atoms with Gasteiger partial charge in [0.2, 0.25) is 5.95 Å². The van der Waals surface area contributed by atoms with Gasteiger partial charge in [0.25, 0.3) is 5.56 Å². The summed E-state index contributed by atoms with van der Waals surface area (Å²) in [6, 6.07) is 4.07. The van der Waals surface area contributed by atoms with Crippen LogP contribution < -0.4 is 10.9 Å². The number of aryl methyl sites for hydroxylation is 2. The summed E-state index contributed by atoms with van der Waals surface area (Å²) in [6.07, 6.45) is 0. The standard InChI is InChI=1S/C14H17N5OS/c1-4-19-13(20)12-11(9(2)17-18(12)3)16-14(19)15-8-10-6-5-7-21-10/h5-7H,4,8H2,1-3H3,(H,15,16). The van der Waals surface area contributed by atoms with E-state index in [0.717, 1.165) is 5.69 Å². The molecule has 0 radical (unpaired) electrons. The second kappa shape index (κ2) is 5.33. The summed E-state index contributed by atoms with van der Waals surface area (Å²) in [6.45, 7) is 5.04. The van der Waals surface area contributed by atoms with Crippen molar-refractivity contribution in [2.45, 2.75) is 26.9 Å². The first-order chi connectivity index (χ1) is 10.1. The van der Waals surface area contributed by atoms with E-state index in [9.17, 15) is 4.79 Å². The molecule has 21 heavy (non-hydrogen) atoms. The van der Waals surface area contributed by atoms with Crippen molar-refractivity contribution in [3.63, 3.8) is 0 Å². The van der Waals surface area contributed by atoms with Gasteiger partial charge in [-0.25, -0.2) is 4.98 Å². The highest BCUT2D eigenvalue weighted by Crippen LogP contribution is 2.16. The molecule has 3 aromatic heterocycles.